The van der Waals surface area contributed by atoms with E-state index in [1.165, 1.54) is 11.8 Å². The van der Waals surface area contributed by atoms with Gasteiger partial charge in [-0.3, -0.25) is 14.9 Å². The van der Waals surface area contributed by atoms with Crippen molar-refractivity contribution in [3.63, 3.8) is 0 Å². The highest BCUT2D eigenvalue weighted by Gasteiger charge is 2.26. The fourth-order valence-corrected chi connectivity index (χ4v) is 2.25. The van der Waals surface area contributed by atoms with E-state index < -0.39 is 22.8 Å². The third-order valence-corrected chi connectivity index (χ3v) is 3.43. The monoisotopic (exact) mass is 282 g/mol. The average Bonchev–Trinajstić information content (AvgIpc) is 2.41. The van der Waals surface area contributed by atoms with Crippen molar-refractivity contribution < 1.29 is 19.2 Å². The fourth-order valence-electron chi connectivity index (χ4n) is 2.25. The van der Waals surface area contributed by atoms with Gasteiger partial charge in [-0.15, -0.1) is 0 Å². The number of non-ortho nitro benzene ring substituents is 1. The molecule has 0 aromatic heterocycles. The summed E-state index contributed by atoms with van der Waals surface area (Å²) in [7, 11) is 0. The quantitative estimate of drug-likeness (QED) is 0.660. The first-order valence-corrected chi connectivity index (χ1v) is 6.32. The first-order chi connectivity index (χ1) is 9.40. The van der Waals surface area contributed by atoms with Crippen LogP contribution in [0.25, 0.3) is 0 Å². The van der Waals surface area contributed by atoms with Crippen molar-refractivity contribution in [3.05, 3.63) is 39.2 Å². The Balaban J connectivity index is 2.31. The lowest BCUT2D eigenvalue weighted by molar-refractivity contribution is -0.385. The van der Waals surface area contributed by atoms with Crippen molar-refractivity contribution in [2.24, 2.45) is 0 Å². The van der Waals surface area contributed by atoms with Crippen LogP contribution in [0, 0.1) is 22.9 Å². The van der Waals surface area contributed by atoms with Crippen molar-refractivity contribution in [2.45, 2.75) is 25.9 Å². The molecule has 1 fully saturated rings. The van der Waals surface area contributed by atoms with Crippen LogP contribution in [0.1, 0.15) is 28.8 Å². The SMILES string of the molecule is Cc1cc([N+](=O)[O-])cc(C(=O)N2CCC(O)CC2)c1F. The van der Waals surface area contributed by atoms with Crippen LogP contribution < -0.4 is 0 Å². The Morgan fingerprint density at radius 2 is 2.05 bits per heavy atom. The third kappa shape index (κ3) is 2.77. The minimum Gasteiger partial charge on any atom is -0.393 e. The number of likely N-dealkylation sites (tertiary alicyclic amines) is 1. The van der Waals surface area contributed by atoms with Gasteiger partial charge in [-0.25, -0.2) is 4.39 Å². The number of nitro benzene ring substituents is 1. The van der Waals surface area contributed by atoms with Crippen LogP contribution in [0.5, 0.6) is 0 Å². The Hall–Kier alpha value is -2.02. The van der Waals surface area contributed by atoms with E-state index >= 15 is 0 Å². The summed E-state index contributed by atoms with van der Waals surface area (Å²) < 4.78 is 14.0. The van der Waals surface area contributed by atoms with Crippen LogP contribution in [0.4, 0.5) is 10.1 Å². The Bertz CT molecular complexity index is 554. The largest absolute Gasteiger partial charge is 0.393 e. The number of aliphatic hydroxyl groups is 1. The van der Waals surface area contributed by atoms with E-state index in [0.29, 0.717) is 25.9 Å². The molecular weight excluding hydrogens is 267 g/mol. The lowest BCUT2D eigenvalue weighted by Gasteiger charge is -2.29. The minimum absolute atomic E-state index is 0.0691. The Morgan fingerprint density at radius 1 is 1.45 bits per heavy atom. The number of nitrogens with zero attached hydrogens (tertiary/aromatic N) is 2. The number of carbonyl (C=O) groups excluding carboxylic acids is 1. The number of benzene rings is 1. The van der Waals surface area contributed by atoms with Gasteiger partial charge in [0.05, 0.1) is 16.6 Å². The number of rotatable bonds is 2. The van der Waals surface area contributed by atoms with E-state index in [1.807, 2.05) is 0 Å². The summed E-state index contributed by atoms with van der Waals surface area (Å²) in [6.07, 6.45) is 0.415. The molecule has 1 heterocycles. The molecule has 20 heavy (non-hydrogen) atoms. The molecule has 1 saturated heterocycles. The highest BCUT2D eigenvalue weighted by molar-refractivity contribution is 5.95. The van der Waals surface area contributed by atoms with Gasteiger partial charge in [0.2, 0.25) is 0 Å². The Labute approximate surface area is 115 Å². The van der Waals surface area contributed by atoms with E-state index in [-0.39, 0.29) is 16.8 Å². The lowest BCUT2D eigenvalue weighted by atomic mass is 10.0. The van der Waals surface area contributed by atoms with E-state index in [2.05, 4.69) is 0 Å². The van der Waals surface area contributed by atoms with Crippen LogP contribution >= 0.6 is 0 Å². The van der Waals surface area contributed by atoms with Gasteiger partial charge < -0.3 is 10.0 Å². The summed E-state index contributed by atoms with van der Waals surface area (Å²) in [4.78, 5) is 23.8. The van der Waals surface area contributed by atoms with Crippen LogP contribution in [0.3, 0.4) is 0 Å². The number of piperidine rings is 1. The molecule has 108 valence electrons. The number of aliphatic hydroxyl groups excluding tert-OH is 1. The van der Waals surface area contributed by atoms with E-state index in [1.54, 1.807) is 0 Å². The highest BCUT2D eigenvalue weighted by Crippen LogP contribution is 2.23. The fraction of sp³-hybridized carbons (Fsp3) is 0.462. The summed E-state index contributed by atoms with van der Waals surface area (Å²) in [6, 6.07) is 2.07. The Kier molecular flexibility index (Phi) is 3.99. The van der Waals surface area contributed by atoms with Crippen molar-refractivity contribution in [3.8, 4) is 0 Å². The number of carbonyl (C=O) groups is 1. The standard InChI is InChI=1S/C13H15FN2O4/c1-8-6-9(16(19)20)7-11(12(8)14)13(18)15-4-2-10(17)3-5-15/h6-7,10,17H,2-5H2,1H3. The van der Waals surface area contributed by atoms with Crippen molar-refractivity contribution in [1.82, 2.24) is 4.90 Å². The predicted octanol–water partition coefficient (Wildman–Crippen LogP) is 1.64. The first kappa shape index (κ1) is 14.4. The van der Waals surface area contributed by atoms with E-state index in [4.69, 9.17) is 0 Å². The van der Waals surface area contributed by atoms with Gasteiger partial charge in [0, 0.05) is 25.2 Å². The molecule has 0 saturated carbocycles. The normalized spacial score (nSPS) is 16.2. The highest BCUT2D eigenvalue weighted by atomic mass is 19.1. The molecule has 2 rings (SSSR count). The smallest absolute Gasteiger partial charge is 0.270 e. The molecule has 6 nitrogen and oxygen atoms in total. The van der Waals surface area contributed by atoms with Gasteiger partial charge in [-0.05, 0) is 25.3 Å². The maximum atomic E-state index is 14.0. The molecular formula is C13H15FN2O4. The number of hydrogen-bond acceptors (Lipinski definition) is 4. The lowest BCUT2D eigenvalue weighted by Crippen LogP contribution is -2.40. The molecule has 1 amide bonds. The van der Waals surface area contributed by atoms with Gasteiger partial charge in [0.15, 0.2) is 0 Å². The molecule has 1 N–H and O–H groups in total. The van der Waals surface area contributed by atoms with Crippen LogP contribution in [0.15, 0.2) is 12.1 Å². The number of amides is 1. The zero-order chi connectivity index (χ0) is 14.9. The topological polar surface area (TPSA) is 83.7 Å². The molecule has 0 radical (unpaired) electrons. The predicted molar refractivity (Wildman–Crippen MR) is 68.9 cm³/mol. The molecule has 1 aliphatic heterocycles. The molecule has 1 aromatic rings. The zero-order valence-electron chi connectivity index (χ0n) is 11.0. The number of nitro groups is 1. The Morgan fingerprint density at radius 3 is 2.60 bits per heavy atom. The van der Waals surface area contributed by atoms with Crippen molar-refractivity contribution in [1.29, 1.82) is 0 Å². The maximum absolute atomic E-state index is 14.0. The third-order valence-electron chi connectivity index (χ3n) is 3.43. The van der Waals surface area contributed by atoms with Gasteiger partial charge in [0.25, 0.3) is 11.6 Å². The second kappa shape index (κ2) is 5.54. The first-order valence-electron chi connectivity index (χ1n) is 6.32. The van der Waals surface area contributed by atoms with Gasteiger partial charge >= 0.3 is 0 Å². The molecule has 7 heteroatoms. The molecule has 0 unspecified atom stereocenters. The second-order valence-corrected chi connectivity index (χ2v) is 4.90. The summed E-state index contributed by atoms with van der Waals surface area (Å²) in [5.41, 5.74) is -0.517. The zero-order valence-corrected chi connectivity index (χ0v) is 11.0. The van der Waals surface area contributed by atoms with Crippen LogP contribution in [0.2, 0.25) is 0 Å². The van der Waals surface area contributed by atoms with Gasteiger partial charge in [0.1, 0.15) is 5.82 Å². The van der Waals surface area contributed by atoms with E-state index in [0.717, 1.165) is 12.1 Å². The molecule has 1 aromatic carbocycles. The molecule has 1 aliphatic rings. The number of halogens is 1. The molecule has 0 bridgehead atoms. The second-order valence-electron chi connectivity index (χ2n) is 4.90. The van der Waals surface area contributed by atoms with E-state index in [9.17, 15) is 24.4 Å². The average molecular weight is 282 g/mol. The summed E-state index contributed by atoms with van der Waals surface area (Å²) in [6.45, 7) is 2.03. The van der Waals surface area contributed by atoms with Crippen LogP contribution in [-0.4, -0.2) is 40.0 Å². The molecule has 0 spiro atoms. The number of hydrogen-bond donors (Lipinski definition) is 1. The summed E-state index contributed by atoms with van der Waals surface area (Å²) in [5.74, 6) is -1.30. The summed E-state index contributed by atoms with van der Waals surface area (Å²) >= 11 is 0. The van der Waals surface area contributed by atoms with Crippen molar-refractivity contribution >= 4 is 11.6 Å². The number of aryl methyl sites for hydroxylation is 1. The minimum atomic E-state index is -0.730. The summed E-state index contributed by atoms with van der Waals surface area (Å²) in [5, 5.41) is 20.2. The van der Waals surface area contributed by atoms with Crippen LogP contribution in [-0.2, 0) is 0 Å². The van der Waals surface area contributed by atoms with Crippen molar-refractivity contribution in [2.75, 3.05) is 13.1 Å². The molecule has 0 atom stereocenters. The van der Waals surface area contributed by atoms with Gasteiger partial charge in [-0.1, -0.05) is 0 Å². The molecule has 0 aliphatic carbocycles. The van der Waals surface area contributed by atoms with Gasteiger partial charge in [-0.2, -0.15) is 0 Å². The maximum Gasteiger partial charge on any atom is 0.270 e.